The van der Waals surface area contributed by atoms with Gasteiger partial charge in [-0.25, -0.2) is 5.06 Å². The van der Waals surface area contributed by atoms with Crippen LogP contribution in [0, 0.1) is 0 Å². The summed E-state index contributed by atoms with van der Waals surface area (Å²) in [6.07, 6.45) is 1.16. The van der Waals surface area contributed by atoms with Crippen LogP contribution in [0.3, 0.4) is 0 Å². The average Bonchev–Trinajstić information content (AvgIpc) is 1.88. The van der Waals surface area contributed by atoms with Gasteiger partial charge in [0.1, 0.15) is 0 Å². The number of carbonyl (C=O) groups is 1. The molecule has 0 unspecified atom stereocenters. The lowest BCUT2D eigenvalue weighted by Gasteiger charge is -2.06. The van der Waals surface area contributed by atoms with Gasteiger partial charge in [0.25, 0.3) is 0 Å². The van der Waals surface area contributed by atoms with E-state index < -0.39 is 0 Å². The van der Waals surface area contributed by atoms with Crippen LogP contribution in [0.15, 0.2) is 0 Å². The standard InChI is InChI=1S/C6H14N2O2/c1-7-5-3-4-6(9)8(2)10/h7,10H,3-5H2,1-2H3. The van der Waals surface area contributed by atoms with Crippen LogP contribution in [0.25, 0.3) is 0 Å². The van der Waals surface area contributed by atoms with Gasteiger partial charge >= 0.3 is 0 Å². The lowest BCUT2D eigenvalue weighted by atomic mass is 10.3. The van der Waals surface area contributed by atoms with Crippen molar-refractivity contribution in [1.82, 2.24) is 10.4 Å². The van der Waals surface area contributed by atoms with Crippen molar-refractivity contribution >= 4 is 5.91 Å². The Morgan fingerprint density at radius 2 is 2.30 bits per heavy atom. The molecule has 0 saturated heterocycles. The molecule has 60 valence electrons. The maximum atomic E-state index is 10.7. The van der Waals surface area contributed by atoms with Gasteiger partial charge in [-0.05, 0) is 20.0 Å². The van der Waals surface area contributed by atoms with Crippen LogP contribution >= 0.6 is 0 Å². The first-order chi connectivity index (χ1) is 4.68. The first kappa shape index (κ1) is 9.39. The zero-order valence-corrected chi connectivity index (χ0v) is 6.42. The quantitative estimate of drug-likeness (QED) is 0.329. The number of nitrogens with one attached hydrogen (secondary N) is 1. The Morgan fingerprint density at radius 3 is 2.70 bits per heavy atom. The second kappa shape index (κ2) is 5.20. The van der Waals surface area contributed by atoms with Gasteiger partial charge in [0.2, 0.25) is 5.91 Å². The Balaban J connectivity index is 3.22. The molecule has 0 aromatic rings. The van der Waals surface area contributed by atoms with Gasteiger partial charge < -0.3 is 5.32 Å². The van der Waals surface area contributed by atoms with E-state index in [1.165, 1.54) is 7.05 Å². The number of amides is 1. The number of hydrogen-bond donors (Lipinski definition) is 2. The molecule has 0 aromatic heterocycles. The molecule has 0 aliphatic heterocycles. The second-order valence-corrected chi connectivity index (χ2v) is 2.12. The Kier molecular flexibility index (Phi) is 4.88. The summed E-state index contributed by atoms with van der Waals surface area (Å²) in [5.74, 6) is -0.241. The molecule has 0 heterocycles. The normalized spacial score (nSPS) is 9.50. The highest BCUT2D eigenvalue weighted by atomic mass is 16.5. The summed E-state index contributed by atoms with van der Waals surface area (Å²) in [7, 11) is 3.16. The van der Waals surface area contributed by atoms with E-state index in [-0.39, 0.29) is 5.91 Å². The lowest BCUT2D eigenvalue weighted by Crippen LogP contribution is -2.23. The van der Waals surface area contributed by atoms with Gasteiger partial charge in [-0.3, -0.25) is 10.0 Å². The molecular weight excluding hydrogens is 132 g/mol. The maximum absolute atomic E-state index is 10.7. The van der Waals surface area contributed by atoms with Crippen molar-refractivity contribution in [2.45, 2.75) is 12.8 Å². The van der Waals surface area contributed by atoms with E-state index in [2.05, 4.69) is 5.32 Å². The third-order valence-electron chi connectivity index (χ3n) is 1.18. The third kappa shape index (κ3) is 4.29. The molecule has 2 N–H and O–H groups in total. The fourth-order valence-corrected chi connectivity index (χ4v) is 0.578. The summed E-state index contributed by atoms with van der Waals surface area (Å²) in [5, 5.41) is 12.1. The Morgan fingerprint density at radius 1 is 1.70 bits per heavy atom. The SMILES string of the molecule is CNCCCC(=O)N(C)O. The highest BCUT2D eigenvalue weighted by Crippen LogP contribution is 1.90. The minimum Gasteiger partial charge on any atom is -0.320 e. The van der Waals surface area contributed by atoms with Gasteiger partial charge in [0.15, 0.2) is 0 Å². The molecular formula is C6H14N2O2. The van der Waals surface area contributed by atoms with E-state index >= 15 is 0 Å². The predicted molar refractivity (Wildman–Crippen MR) is 37.7 cm³/mol. The zero-order chi connectivity index (χ0) is 7.98. The van der Waals surface area contributed by atoms with E-state index in [0.717, 1.165) is 13.0 Å². The fraction of sp³-hybridized carbons (Fsp3) is 0.833. The number of carbonyl (C=O) groups excluding carboxylic acids is 1. The van der Waals surface area contributed by atoms with E-state index in [9.17, 15) is 4.79 Å². The maximum Gasteiger partial charge on any atom is 0.245 e. The minimum atomic E-state index is -0.241. The van der Waals surface area contributed by atoms with Gasteiger partial charge in [-0.15, -0.1) is 0 Å². The van der Waals surface area contributed by atoms with Crippen LogP contribution in [-0.2, 0) is 4.79 Å². The molecule has 0 aromatic carbocycles. The van der Waals surface area contributed by atoms with Crippen molar-refractivity contribution in [3.63, 3.8) is 0 Å². The highest BCUT2D eigenvalue weighted by Gasteiger charge is 2.02. The second-order valence-electron chi connectivity index (χ2n) is 2.12. The summed E-state index contributed by atoms with van der Waals surface area (Å²) >= 11 is 0. The van der Waals surface area contributed by atoms with Gasteiger partial charge in [-0.1, -0.05) is 0 Å². The van der Waals surface area contributed by atoms with Gasteiger partial charge in [0.05, 0.1) is 0 Å². The van der Waals surface area contributed by atoms with Crippen LogP contribution in [0.5, 0.6) is 0 Å². The molecule has 0 bridgehead atoms. The molecule has 10 heavy (non-hydrogen) atoms. The van der Waals surface area contributed by atoms with Crippen molar-refractivity contribution in [3.8, 4) is 0 Å². The molecule has 0 spiro atoms. The van der Waals surface area contributed by atoms with E-state index in [4.69, 9.17) is 5.21 Å². The Hall–Kier alpha value is -0.610. The molecule has 1 amide bonds. The summed E-state index contributed by atoms with van der Waals surface area (Å²) in [5.41, 5.74) is 0. The monoisotopic (exact) mass is 146 g/mol. The number of nitrogens with zero attached hydrogens (tertiary/aromatic N) is 1. The van der Waals surface area contributed by atoms with Crippen LogP contribution < -0.4 is 5.32 Å². The van der Waals surface area contributed by atoms with Crippen molar-refractivity contribution in [2.75, 3.05) is 20.6 Å². The first-order valence-electron chi connectivity index (χ1n) is 3.28. The van der Waals surface area contributed by atoms with E-state index in [1.807, 2.05) is 7.05 Å². The van der Waals surface area contributed by atoms with Crippen LogP contribution in [-0.4, -0.2) is 36.8 Å². The van der Waals surface area contributed by atoms with Crippen LogP contribution in [0.4, 0.5) is 0 Å². The van der Waals surface area contributed by atoms with Crippen molar-refractivity contribution < 1.29 is 10.0 Å². The van der Waals surface area contributed by atoms with Gasteiger partial charge in [-0.2, -0.15) is 0 Å². The fourth-order valence-electron chi connectivity index (χ4n) is 0.578. The average molecular weight is 146 g/mol. The molecule has 4 nitrogen and oxygen atoms in total. The lowest BCUT2D eigenvalue weighted by molar-refractivity contribution is -0.159. The molecule has 0 aliphatic carbocycles. The smallest absolute Gasteiger partial charge is 0.245 e. The van der Waals surface area contributed by atoms with Crippen molar-refractivity contribution in [2.24, 2.45) is 0 Å². The Labute approximate surface area is 60.8 Å². The summed E-state index contributed by atoms with van der Waals surface area (Å²) in [4.78, 5) is 10.7. The third-order valence-corrected chi connectivity index (χ3v) is 1.18. The summed E-state index contributed by atoms with van der Waals surface area (Å²) in [6.45, 7) is 0.805. The highest BCUT2D eigenvalue weighted by molar-refractivity contribution is 5.74. The molecule has 0 atom stereocenters. The van der Waals surface area contributed by atoms with Gasteiger partial charge in [0, 0.05) is 13.5 Å². The number of hydroxylamine groups is 2. The molecule has 0 rings (SSSR count). The minimum absolute atomic E-state index is 0.241. The van der Waals surface area contributed by atoms with Crippen LogP contribution in [0.1, 0.15) is 12.8 Å². The first-order valence-corrected chi connectivity index (χ1v) is 3.28. The van der Waals surface area contributed by atoms with E-state index in [0.29, 0.717) is 11.5 Å². The molecule has 0 aliphatic rings. The van der Waals surface area contributed by atoms with Crippen LogP contribution in [0.2, 0.25) is 0 Å². The number of rotatable bonds is 4. The Bertz CT molecular complexity index is 104. The van der Waals surface area contributed by atoms with Crippen molar-refractivity contribution in [1.29, 1.82) is 0 Å². The predicted octanol–water partition coefficient (Wildman–Crippen LogP) is -0.166. The topological polar surface area (TPSA) is 52.6 Å². The zero-order valence-electron chi connectivity index (χ0n) is 6.42. The molecule has 4 heteroatoms. The molecule has 0 saturated carbocycles. The molecule has 0 radical (unpaired) electrons. The largest absolute Gasteiger partial charge is 0.320 e. The van der Waals surface area contributed by atoms with Crippen molar-refractivity contribution in [3.05, 3.63) is 0 Å². The van der Waals surface area contributed by atoms with E-state index in [1.54, 1.807) is 0 Å². The number of hydrogen-bond acceptors (Lipinski definition) is 3. The summed E-state index contributed by atoms with van der Waals surface area (Å²) in [6, 6.07) is 0. The summed E-state index contributed by atoms with van der Waals surface area (Å²) < 4.78 is 0. The molecule has 0 fully saturated rings.